The molecule has 6 heteroatoms. The first-order valence-corrected chi connectivity index (χ1v) is 7.53. The summed E-state index contributed by atoms with van der Waals surface area (Å²) in [5, 5.41) is 0. The smallest absolute Gasteiger partial charge is 0.243 e. The van der Waals surface area contributed by atoms with Crippen LogP contribution in [0.3, 0.4) is 0 Å². The summed E-state index contributed by atoms with van der Waals surface area (Å²) in [7, 11) is -3.34. The van der Waals surface area contributed by atoms with Crippen molar-refractivity contribution in [3.05, 3.63) is 27.8 Å². The van der Waals surface area contributed by atoms with Gasteiger partial charge in [0.2, 0.25) is 10.0 Å². The van der Waals surface area contributed by atoms with Crippen molar-refractivity contribution in [1.82, 2.24) is 4.31 Å². The molecule has 0 unspecified atom stereocenters. The Morgan fingerprint density at radius 3 is 2.44 bits per heavy atom. The molecule has 1 aromatic rings. The molecule has 2 rings (SSSR count). The molecular formula is C10H13IN2O2S. The minimum atomic E-state index is -3.34. The molecule has 0 spiro atoms. The Labute approximate surface area is 109 Å². The zero-order chi connectivity index (χ0) is 11.8. The van der Waals surface area contributed by atoms with Crippen LogP contribution in [0.5, 0.6) is 0 Å². The van der Waals surface area contributed by atoms with Gasteiger partial charge in [-0.25, -0.2) is 8.42 Å². The van der Waals surface area contributed by atoms with E-state index in [4.69, 9.17) is 5.73 Å². The van der Waals surface area contributed by atoms with Crippen LogP contribution in [0.15, 0.2) is 29.2 Å². The zero-order valence-electron chi connectivity index (χ0n) is 8.64. The molecule has 1 aromatic carbocycles. The maximum atomic E-state index is 12.2. The lowest BCUT2D eigenvalue weighted by Gasteiger charge is -2.15. The number of nitrogens with zero attached hydrogens (tertiary/aromatic N) is 1. The molecule has 1 atom stereocenters. The van der Waals surface area contributed by atoms with E-state index in [9.17, 15) is 8.42 Å². The Hall–Kier alpha value is -0.180. The Kier molecular flexibility index (Phi) is 3.53. The quantitative estimate of drug-likeness (QED) is 0.809. The maximum absolute atomic E-state index is 12.2. The summed E-state index contributed by atoms with van der Waals surface area (Å²) in [5.74, 6) is 0. The van der Waals surface area contributed by atoms with Crippen molar-refractivity contribution in [3.8, 4) is 0 Å². The lowest BCUT2D eigenvalue weighted by atomic mass is 10.3. The van der Waals surface area contributed by atoms with Gasteiger partial charge < -0.3 is 5.73 Å². The zero-order valence-corrected chi connectivity index (χ0v) is 11.6. The fraction of sp³-hybridized carbons (Fsp3) is 0.400. The number of hydrogen-bond donors (Lipinski definition) is 1. The van der Waals surface area contributed by atoms with Crippen LogP contribution >= 0.6 is 22.6 Å². The van der Waals surface area contributed by atoms with E-state index in [1.165, 1.54) is 4.31 Å². The van der Waals surface area contributed by atoms with E-state index in [1.807, 2.05) is 0 Å². The van der Waals surface area contributed by atoms with Crippen LogP contribution in [-0.4, -0.2) is 31.9 Å². The van der Waals surface area contributed by atoms with E-state index >= 15 is 0 Å². The Morgan fingerprint density at radius 2 is 1.94 bits per heavy atom. The summed E-state index contributed by atoms with van der Waals surface area (Å²) in [5.41, 5.74) is 5.72. The third-order valence-electron chi connectivity index (χ3n) is 2.64. The second-order valence-electron chi connectivity index (χ2n) is 3.87. The summed E-state index contributed by atoms with van der Waals surface area (Å²) in [6, 6.07) is 6.84. The van der Waals surface area contributed by atoms with Gasteiger partial charge >= 0.3 is 0 Å². The lowest BCUT2D eigenvalue weighted by Crippen LogP contribution is -2.31. The van der Waals surface area contributed by atoms with Gasteiger partial charge in [0.25, 0.3) is 0 Å². The predicted octanol–water partition coefficient (Wildman–Crippen LogP) is 1.01. The number of benzene rings is 1. The predicted molar refractivity (Wildman–Crippen MR) is 70.5 cm³/mol. The molecule has 0 aliphatic carbocycles. The molecule has 1 saturated heterocycles. The van der Waals surface area contributed by atoms with E-state index in [0.29, 0.717) is 18.0 Å². The van der Waals surface area contributed by atoms with Crippen molar-refractivity contribution in [1.29, 1.82) is 0 Å². The van der Waals surface area contributed by atoms with Gasteiger partial charge in [-0.1, -0.05) is 0 Å². The highest BCUT2D eigenvalue weighted by molar-refractivity contribution is 14.1. The van der Waals surface area contributed by atoms with Gasteiger partial charge in [0.1, 0.15) is 0 Å². The summed E-state index contributed by atoms with van der Waals surface area (Å²) >= 11 is 2.15. The molecule has 0 bridgehead atoms. The number of halogens is 1. The number of rotatable bonds is 2. The van der Waals surface area contributed by atoms with Gasteiger partial charge in [-0.3, -0.25) is 0 Å². The molecule has 16 heavy (non-hydrogen) atoms. The van der Waals surface area contributed by atoms with Crippen LogP contribution in [0.2, 0.25) is 0 Å². The molecule has 1 aliphatic rings. The fourth-order valence-electron chi connectivity index (χ4n) is 1.73. The first-order valence-electron chi connectivity index (χ1n) is 5.01. The molecule has 1 fully saturated rings. The molecule has 0 aromatic heterocycles. The topological polar surface area (TPSA) is 63.4 Å². The number of hydrogen-bond acceptors (Lipinski definition) is 3. The van der Waals surface area contributed by atoms with Gasteiger partial charge in [-0.05, 0) is 53.3 Å². The second kappa shape index (κ2) is 4.59. The lowest BCUT2D eigenvalue weighted by molar-refractivity contribution is 0.472. The molecule has 1 aliphatic heterocycles. The molecule has 0 radical (unpaired) electrons. The van der Waals surface area contributed by atoms with Gasteiger partial charge in [-0.15, -0.1) is 0 Å². The molecule has 0 saturated carbocycles. The molecule has 1 heterocycles. The second-order valence-corrected chi connectivity index (χ2v) is 7.05. The normalized spacial score (nSPS) is 22.5. The highest BCUT2D eigenvalue weighted by atomic mass is 127. The van der Waals surface area contributed by atoms with Crippen molar-refractivity contribution in [3.63, 3.8) is 0 Å². The van der Waals surface area contributed by atoms with Crippen LogP contribution in [0, 0.1) is 3.57 Å². The van der Waals surface area contributed by atoms with Crippen molar-refractivity contribution in [2.45, 2.75) is 17.4 Å². The molecule has 88 valence electrons. The number of nitrogens with two attached hydrogens (primary N) is 1. The summed E-state index contributed by atoms with van der Waals surface area (Å²) < 4.78 is 26.8. The molecule has 4 nitrogen and oxygen atoms in total. The summed E-state index contributed by atoms with van der Waals surface area (Å²) in [6.07, 6.45) is 0.740. The number of sulfonamides is 1. The van der Waals surface area contributed by atoms with Crippen LogP contribution in [0.1, 0.15) is 6.42 Å². The van der Waals surface area contributed by atoms with E-state index in [1.54, 1.807) is 24.3 Å². The van der Waals surface area contributed by atoms with Gasteiger partial charge in [0.05, 0.1) is 4.90 Å². The van der Waals surface area contributed by atoms with Gasteiger partial charge in [0, 0.05) is 22.7 Å². The molecule has 0 amide bonds. The highest BCUT2D eigenvalue weighted by Gasteiger charge is 2.30. The van der Waals surface area contributed by atoms with E-state index < -0.39 is 10.0 Å². The van der Waals surface area contributed by atoms with Crippen molar-refractivity contribution < 1.29 is 8.42 Å². The van der Waals surface area contributed by atoms with E-state index in [0.717, 1.165) is 9.99 Å². The third kappa shape index (κ3) is 2.39. The van der Waals surface area contributed by atoms with Gasteiger partial charge in [-0.2, -0.15) is 4.31 Å². The van der Waals surface area contributed by atoms with Crippen LogP contribution in [0.4, 0.5) is 0 Å². The average Bonchev–Trinajstić information content (AvgIpc) is 2.66. The van der Waals surface area contributed by atoms with E-state index in [-0.39, 0.29) is 6.04 Å². The largest absolute Gasteiger partial charge is 0.326 e. The van der Waals surface area contributed by atoms with Crippen molar-refractivity contribution in [2.75, 3.05) is 13.1 Å². The Morgan fingerprint density at radius 1 is 1.31 bits per heavy atom. The first-order chi connectivity index (χ1) is 7.50. The first kappa shape index (κ1) is 12.3. The standard InChI is InChI=1S/C10H13IN2O2S/c11-8-1-3-10(4-2-8)16(14,15)13-6-5-9(12)7-13/h1-4,9H,5-7,12H2/t9-/m0/s1. The van der Waals surface area contributed by atoms with Crippen molar-refractivity contribution in [2.24, 2.45) is 5.73 Å². The average molecular weight is 352 g/mol. The Balaban J connectivity index is 2.29. The van der Waals surface area contributed by atoms with E-state index in [2.05, 4.69) is 22.6 Å². The highest BCUT2D eigenvalue weighted by Crippen LogP contribution is 2.20. The third-order valence-corrected chi connectivity index (χ3v) is 5.24. The monoisotopic (exact) mass is 352 g/mol. The van der Waals surface area contributed by atoms with Crippen LogP contribution in [0.25, 0.3) is 0 Å². The maximum Gasteiger partial charge on any atom is 0.243 e. The van der Waals surface area contributed by atoms with Crippen LogP contribution in [-0.2, 0) is 10.0 Å². The van der Waals surface area contributed by atoms with Gasteiger partial charge in [0.15, 0.2) is 0 Å². The fourth-order valence-corrected chi connectivity index (χ4v) is 3.60. The Bertz CT molecular complexity index is 472. The minimum absolute atomic E-state index is 0.0291. The SMILES string of the molecule is N[C@H]1CCN(S(=O)(=O)c2ccc(I)cc2)C1. The molecular weight excluding hydrogens is 339 g/mol. The van der Waals surface area contributed by atoms with Crippen molar-refractivity contribution >= 4 is 32.6 Å². The summed E-state index contributed by atoms with van der Waals surface area (Å²) in [6.45, 7) is 0.948. The minimum Gasteiger partial charge on any atom is -0.326 e. The molecule has 2 N–H and O–H groups in total. The van der Waals surface area contributed by atoms with Crippen LogP contribution < -0.4 is 5.73 Å². The summed E-state index contributed by atoms with van der Waals surface area (Å²) in [4.78, 5) is 0.349.